The minimum absolute atomic E-state index is 0.788. The third-order valence-corrected chi connectivity index (χ3v) is 6.01. The average Bonchev–Trinajstić information content (AvgIpc) is 3.14. The third-order valence-electron chi connectivity index (χ3n) is 6.01. The Balaban J connectivity index is 1.69. The van der Waals surface area contributed by atoms with E-state index in [0.717, 1.165) is 48.1 Å². The van der Waals surface area contributed by atoms with E-state index >= 15 is 0 Å². The monoisotopic (exact) mass is 370 g/mol. The number of imidazole rings is 1. The van der Waals surface area contributed by atoms with Gasteiger partial charge in [-0.1, -0.05) is 48.5 Å². The van der Waals surface area contributed by atoms with Gasteiger partial charge in [-0.15, -0.1) is 0 Å². The van der Waals surface area contributed by atoms with E-state index in [9.17, 15) is 0 Å². The first-order valence-electron chi connectivity index (χ1n) is 10.3. The van der Waals surface area contributed by atoms with Crippen molar-refractivity contribution in [3.63, 3.8) is 0 Å². The Hall–Kier alpha value is -2.72. The Morgan fingerprint density at radius 2 is 1.71 bits per heavy atom. The summed E-state index contributed by atoms with van der Waals surface area (Å²) in [6, 6.07) is 19.0. The lowest BCUT2D eigenvalue weighted by Gasteiger charge is -2.23. The molecule has 1 aliphatic rings. The van der Waals surface area contributed by atoms with Gasteiger partial charge < -0.3 is 9.88 Å². The molecular formula is C24H26N4. The Bertz CT molecular complexity index is 1110. The molecule has 0 unspecified atom stereocenters. The molecule has 4 aromatic rings. The molecule has 0 aliphatic carbocycles. The van der Waals surface area contributed by atoms with Gasteiger partial charge in [-0.25, -0.2) is 4.98 Å². The second kappa shape index (κ2) is 7.36. The van der Waals surface area contributed by atoms with Crippen LogP contribution in [0.1, 0.15) is 25.0 Å². The summed E-state index contributed by atoms with van der Waals surface area (Å²) in [6.45, 7) is 5.37. The summed E-state index contributed by atoms with van der Waals surface area (Å²) >= 11 is 0. The maximum absolute atomic E-state index is 5.08. The van der Waals surface area contributed by atoms with Crippen molar-refractivity contribution in [1.82, 2.24) is 19.9 Å². The van der Waals surface area contributed by atoms with Crippen LogP contribution < -0.4 is 5.32 Å². The number of piperidine rings is 1. The lowest BCUT2D eigenvalue weighted by Crippen LogP contribution is -2.28. The van der Waals surface area contributed by atoms with E-state index < -0.39 is 0 Å². The Labute approximate surface area is 165 Å². The van der Waals surface area contributed by atoms with Gasteiger partial charge in [0.05, 0.1) is 16.7 Å². The van der Waals surface area contributed by atoms with Crippen molar-refractivity contribution in [1.29, 1.82) is 0 Å². The predicted octanol–water partition coefficient (Wildman–Crippen LogP) is 4.95. The molecule has 1 fully saturated rings. The highest BCUT2D eigenvalue weighted by atomic mass is 15.1. The van der Waals surface area contributed by atoms with Gasteiger partial charge in [0.2, 0.25) is 0 Å². The third kappa shape index (κ3) is 3.08. The van der Waals surface area contributed by atoms with Crippen LogP contribution in [0.15, 0.2) is 54.6 Å². The van der Waals surface area contributed by atoms with Crippen molar-refractivity contribution in [3.8, 4) is 11.4 Å². The zero-order valence-electron chi connectivity index (χ0n) is 16.4. The van der Waals surface area contributed by atoms with Crippen LogP contribution in [0, 0.1) is 12.8 Å². The molecule has 1 N–H and O–H groups in total. The summed E-state index contributed by atoms with van der Waals surface area (Å²) in [5, 5.41) is 4.68. The SMILES string of the molecule is Cc1nc2ccccc2c2c1nc(-c1ccccc1)n2CCC1CCNCC1. The van der Waals surface area contributed by atoms with Crippen molar-refractivity contribution < 1.29 is 0 Å². The fourth-order valence-electron chi connectivity index (χ4n) is 4.49. The first-order valence-corrected chi connectivity index (χ1v) is 10.3. The highest BCUT2D eigenvalue weighted by Crippen LogP contribution is 2.32. The molecule has 0 spiro atoms. The summed E-state index contributed by atoms with van der Waals surface area (Å²) in [4.78, 5) is 9.90. The van der Waals surface area contributed by atoms with Crippen molar-refractivity contribution in [2.24, 2.45) is 5.92 Å². The zero-order valence-corrected chi connectivity index (χ0v) is 16.4. The largest absolute Gasteiger partial charge is 0.323 e. The number of fused-ring (bicyclic) bond motifs is 3. The number of benzene rings is 2. The van der Waals surface area contributed by atoms with Crippen LogP contribution in [-0.4, -0.2) is 27.6 Å². The maximum Gasteiger partial charge on any atom is 0.141 e. The average molecular weight is 371 g/mol. The molecule has 28 heavy (non-hydrogen) atoms. The summed E-state index contributed by atoms with van der Waals surface area (Å²) in [5.41, 5.74) is 5.49. The zero-order chi connectivity index (χ0) is 18.9. The van der Waals surface area contributed by atoms with Crippen LogP contribution in [0.2, 0.25) is 0 Å². The summed E-state index contributed by atoms with van der Waals surface area (Å²) < 4.78 is 2.45. The van der Waals surface area contributed by atoms with E-state index in [0.29, 0.717) is 0 Å². The fraction of sp³-hybridized carbons (Fsp3) is 0.333. The minimum Gasteiger partial charge on any atom is -0.323 e. The summed E-state index contributed by atoms with van der Waals surface area (Å²) in [7, 11) is 0. The topological polar surface area (TPSA) is 42.7 Å². The van der Waals surface area contributed by atoms with Crippen LogP contribution >= 0.6 is 0 Å². The number of nitrogens with zero attached hydrogens (tertiary/aromatic N) is 3. The Kier molecular flexibility index (Phi) is 4.57. The highest BCUT2D eigenvalue weighted by Gasteiger charge is 2.19. The standard InChI is InChI=1S/C24H26N4/c1-17-22-23(20-9-5-6-10-21(20)26-17)28(16-13-18-11-14-25-15-12-18)24(27-22)19-7-3-2-4-8-19/h2-10,18,25H,11-16H2,1H3. The van der Waals surface area contributed by atoms with Gasteiger partial charge in [0.1, 0.15) is 11.3 Å². The van der Waals surface area contributed by atoms with E-state index in [4.69, 9.17) is 9.97 Å². The van der Waals surface area contributed by atoms with Crippen LogP contribution in [0.4, 0.5) is 0 Å². The number of hydrogen-bond acceptors (Lipinski definition) is 3. The van der Waals surface area contributed by atoms with E-state index in [1.165, 1.54) is 35.7 Å². The Morgan fingerprint density at radius 3 is 2.54 bits per heavy atom. The van der Waals surface area contributed by atoms with Crippen LogP contribution in [-0.2, 0) is 6.54 Å². The van der Waals surface area contributed by atoms with Crippen molar-refractivity contribution >= 4 is 21.9 Å². The number of rotatable bonds is 4. The second-order valence-corrected chi connectivity index (χ2v) is 7.85. The van der Waals surface area contributed by atoms with Crippen molar-refractivity contribution in [2.75, 3.05) is 13.1 Å². The molecule has 0 atom stereocenters. The molecule has 2 aromatic carbocycles. The van der Waals surface area contributed by atoms with Gasteiger partial charge >= 0.3 is 0 Å². The normalized spacial score (nSPS) is 15.5. The maximum atomic E-state index is 5.08. The number of aryl methyl sites for hydroxylation is 2. The summed E-state index contributed by atoms with van der Waals surface area (Å²) in [5.74, 6) is 1.85. The number of aromatic nitrogens is 3. The fourth-order valence-corrected chi connectivity index (χ4v) is 4.49. The van der Waals surface area contributed by atoms with E-state index in [2.05, 4.69) is 71.4 Å². The van der Waals surface area contributed by atoms with E-state index in [1.807, 2.05) is 0 Å². The molecule has 3 heterocycles. The quantitative estimate of drug-likeness (QED) is 0.553. The highest BCUT2D eigenvalue weighted by molar-refractivity contribution is 6.04. The molecular weight excluding hydrogens is 344 g/mol. The molecule has 0 saturated carbocycles. The molecule has 1 aliphatic heterocycles. The lowest BCUT2D eigenvalue weighted by molar-refractivity contribution is 0.340. The minimum atomic E-state index is 0.788. The molecule has 142 valence electrons. The van der Waals surface area contributed by atoms with Crippen molar-refractivity contribution in [3.05, 3.63) is 60.3 Å². The first-order chi connectivity index (χ1) is 13.8. The molecule has 0 bridgehead atoms. The van der Waals surface area contributed by atoms with E-state index in [1.54, 1.807) is 0 Å². The number of pyridine rings is 1. The van der Waals surface area contributed by atoms with Gasteiger partial charge in [-0.2, -0.15) is 0 Å². The van der Waals surface area contributed by atoms with Crippen LogP contribution in [0.3, 0.4) is 0 Å². The van der Waals surface area contributed by atoms with Gasteiger partial charge in [-0.3, -0.25) is 4.98 Å². The first kappa shape index (κ1) is 17.4. The molecule has 2 aromatic heterocycles. The number of nitrogens with one attached hydrogen (secondary N) is 1. The lowest BCUT2D eigenvalue weighted by atomic mass is 9.94. The molecule has 4 nitrogen and oxygen atoms in total. The van der Waals surface area contributed by atoms with Crippen LogP contribution in [0.5, 0.6) is 0 Å². The smallest absolute Gasteiger partial charge is 0.141 e. The molecule has 5 rings (SSSR count). The summed E-state index contributed by atoms with van der Waals surface area (Å²) in [6.07, 6.45) is 3.74. The molecule has 4 heteroatoms. The van der Waals surface area contributed by atoms with Gasteiger partial charge in [0.15, 0.2) is 0 Å². The van der Waals surface area contributed by atoms with E-state index in [-0.39, 0.29) is 0 Å². The van der Waals surface area contributed by atoms with Crippen LogP contribution in [0.25, 0.3) is 33.3 Å². The predicted molar refractivity (Wildman–Crippen MR) is 115 cm³/mol. The molecule has 0 amide bonds. The second-order valence-electron chi connectivity index (χ2n) is 7.85. The number of para-hydroxylation sites is 1. The number of hydrogen-bond donors (Lipinski definition) is 1. The van der Waals surface area contributed by atoms with Gasteiger partial charge in [0.25, 0.3) is 0 Å². The molecule has 0 radical (unpaired) electrons. The van der Waals surface area contributed by atoms with Gasteiger partial charge in [-0.05, 0) is 51.3 Å². The van der Waals surface area contributed by atoms with Crippen molar-refractivity contribution in [2.45, 2.75) is 32.7 Å². The van der Waals surface area contributed by atoms with Gasteiger partial charge in [0, 0.05) is 17.5 Å². The molecule has 1 saturated heterocycles. The Morgan fingerprint density at radius 1 is 0.964 bits per heavy atom.